The lowest BCUT2D eigenvalue weighted by atomic mass is 10.2. The SMILES string of the molecule is CN(Cc1ccc(Cl)cc1)C(=O)c1cccn(C)c1=O. The highest BCUT2D eigenvalue weighted by Gasteiger charge is 2.15. The van der Waals surface area contributed by atoms with Crippen molar-refractivity contribution in [3.05, 3.63) is 69.1 Å². The van der Waals surface area contributed by atoms with E-state index in [0.717, 1.165) is 5.56 Å². The first-order valence-electron chi connectivity index (χ1n) is 6.14. The molecule has 1 heterocycles. The van der Waals surface area contributed by atoms with Gasteiger partial charge in [-0.1, -0.05) is 23.7 Å². The second-order valence-corrected chi connectivity index (χ2v) is 5.06. The molecule has 0 saturated carbocycles. The number of carbonyl (C=O) groups excluding carboxylic acids is 1. The van der Waals surface area contributed by atoms with Gasteiger partial charge in [-0.05, 0) is 29.8 Å². The Morgan fingerprint density at radius 2 is 1.90 bits per heavy atom. The summed E-state index contributed by atoms with van der Waals surface area (Å²) in [7, 11) is 3.29. The summed E-state index contributed by atoms with van der Waals surface area (Å²) in [5.41, 5.74) is 0.838. The predicted molar refractivity (Wildman–Crippen MR) is 78.9 cm³/mol. The van der Waals surface area contributed by atoms with Crippen molar-refractivity contribution in [2.24, 2.45) is 7.05 Å². The summed E-state index contributed by atoms with van der Waals surface area (Å²) in [6.45, 7) is 0.425. The maximum Gasteiger partial charge on any atom is 0.263 e. The Hall–Kier alpha value is -2.07. The molecule has 2 aromatic rings. The number of hydrogen-bond acceptors (Lipinski definition) is 2. The molecule has 5 heteroatoms. The Balaban J connectivity index is 2.18. The minimum absolute atomic E-state index is 0.173. The van der Waals surface area contributed by atoms with Crippen molar-refractivity contribution in [1.29, 1.82) is 0 Å². The summed E-state index contributed by atoms with van der Waals surface area (Å²) in [6, 6.07) is 10.5. The second-order valence-electron chi connectivity index (χ2n) is 4.63. The molecule has 20 heavy (non-hydrogen) atoms. The monoisotopic (exact) mass is 290 g/mol. The van der Waals surface area contributed by atoms with E-state index in [4.69, 9.17) is 11.6 Å². The summed E-state index contributed by atoms with van der Waals surface area (Å²) in [5, 5.41) is 0.652. The zero-order chi connectivity index (χ0) is 14.7. The first kappa shape index (κ1) is 14.3. The van der Waals surface area contributed by atoms with Crippen LogP contribution in [-0.2, 0) is 13.6 Å². The van der Waals surface area contributed by atoms with E-state index in [0.29, 0.717) is 11.6 Å². The highest BCUT2D eigenvalue weighted by Crippen LogP contribution is 2.11. The molecule has 0 aliphatic rings. The Labute approximate surface area is 122 Å². The van der Waals surface area contributed by atoms with Gasteiger partial charge in [0.15, 0.2) is 0 Å². The minimum atomic E-state index is -0.291. The van der Waals surface area contributed by atoms with Gasteiger partial charge in [0.05, 0.1) is 0 Å². The Morgan fingerprint density at radius 3 is 2.55 bits per heavy atom. The van der Waals surface area contributed by atoms with Crippen LogP contribution >= 0.6 is 11.6 Å². The zero-order valence-electron chi connectivity index (χ0n) is 11.3. The first-order valence-corrected chi connectivity index (χ1v) is 6.52. The number of nitrogens with zero attached hydrogens (tertiary/aromatic N) is 2. The topological polar surface area (TPSA) is 42.3 Å². The highest BCUT2D eigenvalue weighted by atomic mass is 35.5. The van der Waals surface area contributed by atoms with E-state index in [2.05, 4.69) is 0 Å². The standard InChI is InChI=1S/C15H15ClN2O2/c1-17-9-3-4-13(14(17)19)15(20)18(2)10-11-5-7-12(16)8-6-11/h3-9H,10H2,1-2H3. The summed E-state index contributed by atoms with van der Waals surface area (Å²) in [6.07, 6.45) is 1.62. The molecule has 0 N–H and O–H groups in total. The molecule has 4 nitrogen and oxygen atoms in total. The third-order valence-electron chi connectivity index (χ3n) is 3.03. The molecule has 0 aliphatic heterocycles. The number of halogens is 1. The highest BCUT2D eigenvalue weighted by molar-refractivity contribution is 6.30. The average Bonchev–Trinajstić information content (AvgIpc) is 2.43. The number of rotatable bonds is 3. The van der Waals surface area contributed by atoms with Crippen LogP contribution in [0, 0.1) is 0 Å². The maximum absolute atomic E-state index is 12.3. The fourth-order valence-electron chi connectivity index (χ4n) is 1.90. The van der Waals surface area contributed by atoms with E-state index in [1.807, 2.05) is 12.1 Å². The van der Waals surface area contributed by atoms with E-state index in [1.54, 1.807) is 44.6 Å². The van der Waals surface area contributed by atoms with Crippen molar-refractivity contribution in [1.82, 2.24) is 9.47 Å². The quantitative estimate of drug-likeness (QED) is 0.870. The molecule has 2 rings (SSSR count). The summed E-state index contributed by atoms with van der Waals surface area (Å²) in [4.78, 5) is 25.7. The Bertz CT molecular complexity index is 677. The van der Waals surface area contributed by atoms with Crippen LogP contribution in [-0.4, -0.2) is 22.4 Å². The molecule has 0 unspecified atom stereocenters. The van der Waals surface area contributed by atoms with E-state index in [9.17, 15) is 9.59 Å². The molecule has 0 radical (unpaired) electrons. The number of amides is 1. The maximum atomic E-state index is 12.3. The number of benzene rings is 1. The van der Waals surface area contributed by atoms with Crippen molar-refractivity contribution >= 4 is 17.5 Å². The first-order chi connectivity index (χ1) is 9.49. The van der Waals surface area contributed by atoms with Crippen molar-refractivity contribution in [3.63, 3.8) is 0 Å². The normalized spacial score (nSPS) is 10.3. The number of pyridine rings is 1. The molecule has 0 atom stereocenters. The number of aromatic nitrogens is 1. The van der Waals surface area contributed by atoms with Gasteiger partial charge in [-0.3, -0.25) is 9.59 Å². The van der Waals surface area contributed by atoms with Crippen LogP contribution < -0.4 is 5.56 Å². The fourth-order valence-corrected chi connectivity index (χ4v) is 2.03. The van der Waals surface area contributed by atoms with Crippen molar-refractivity contribution in [2.45, 2.75) is 6.54 Å². The number of hydrogen-bond donors (Lipinski definition) is 0. The van der Waals surface area contributed by atoms with Gasteiger partial charge in [-0.15, -0.1) is 0 Å². The summed E-state index contributed by atoms with van der Waals surface area (Å²) >= 11 is 5.82. The summed E-state index contributed by atoms with van der Waals surface area (Å²) < 4.78 is 1.39. The smallest absolute Gasteiger partial charge is 0.263 e. The van der Waals surface area contributed by atoms with Crippen molar-refractivity contribution < 1.29 is 4.79 Å². The zero-order valence-corrected chi connectivity index (χ0v) is 12.1. The molecule has 0 aliphatic carbocycles. The third kappa shape index (κ3) is 3.08. The van der Waals surface area contributed by atoms with E-state index in [1.165, 1.54) is 9.47 Å². The van der Waals surface area contributed by atoms with E-state index in [-0.39, 0.29) is 17.0 Å². The van der Waals surface area contributed by atoms with Gasteiger partial charge >= 0.3 is 0 Å². The lowest BCUT2D eigenvalue weighted by Crippen LogP contribution is -2.33. The van der Waals surface area contributed by atoms with Crippen molar-refractivity contribution in [3.8, 4) is 0 Å². The number of carbonyl (C=O) groups is 1. The van der Waals surface area contributed by atoms with Crippen LogP contribution in [0.2, 0.25) is 5.02 Å². The molecule has 0 fully saturated rings. The van der Waals surface area contributed by atoms with Gasteiger partial charge in [0.2, 0.25) is 0 Å². The summed E-state index contributed by atoms with van der Waals surface area (Å²) in [5.74, 6) is -0.291. The largest absolute Gasteiger partial charge is 0.337 e. The third-order valence-corrected chi connectivity index (χ3v) is 3.29. The van der Waals surface area contributed by atoms with Crippen molar-refractivity contribution in [2.75, 3.05) is 7.05 Å². The van der Waals surface area contributed by atoms with Gasteiger partial charge in [-0.2, -0.15) is 0 Å². The van der Waals surface area contributed by atoms with Gasteiger partial charge < -0.3 is 9.47 Å². The molecular weight excluding hydrogens is 276 g/mol. The van der Waals surface area contributed by atoms with Gasteiger partial charge in [0.1, 0.15) is 5.56 Å². The molecule has 1 aromatic heterocycles. The lowest BCUT2D eigenvalue weighted by molar-refractivity contribution is 0.0782. The van der Waals surface area contributed by atoms with Gasteiger partial charge in [0.25, 0.3) is 11.5 Å². The molecule has 1 amide bonds. The number of aryl methyl sites for hydroxylation is 1. The van der Waals surface area contributed by atoms with E-state index < -0.39 is 0 Å². The molecule has 104 valence electrons. The molecule has 1 aromatic carbocycles. The van der Waals surface area contributed by atoms with Gasteiger partial charge in [-0.25, -0.2) is 0 Å². The van der Waals surface area contributed by atoms with E-state index >= 15 is 0 Å². The Morgan fingerprint density at radius 1 is 1.25 bits per heavy atom. The van der Waals surface area contributed by atoms with Crippen LogP contribution in [0.1, 0.15) is 15.9 Å². The second kappa shape index (κ2) is 5.92. The van der Waals surface area contributed by atoms with Crippen LogP contribution in [0.4, 0.5) is 0 Å². The molecule has 0 bridgehead atoms. The van der Waals surface area contributed by atoms with Crippen LogP contribution in [0.15, 0.2) is 47.4 Å². The van der Waals surface area contributed by atoms with Crippen LogP contribution in [0.5, 0.6) is 0 Å². The average molecular weight is 291 g/mol. The van der Waals surface area contributed by atoms with Crippen LogP contribution in [0.3, 0.4) is 0 Å². The molecule has 0 spiro atoms. The van der Waals surface area contributed by atoms with Gasteiger partial charge in [0, 0.05) is 31.9 Å². The molecule has 0 saturated heterocycles. The predicted octanol–water partition coefficient (Wildman–Crippen LogP) is 2.31. The van der Waals surface area contributed by atoms with Crippen LogP contribution in [0.25, 0.3) is 0 Å². The fraction of sp³-hybridized carbons (Fsp3) is 0.200. The lowest BCUT2D eigenvalue weighted by Gasteiger charge is -2.17. The minimum Gasteiger partial charge on any atom is -0.337 e. The molecular formula is C15H15ClN2O2. The Kier molecular flexibility index (Phi) is 4.25.